The van der Waals surface area contributed by atoms with E-state index in [9.17, 15) is 4.79 Å². The van der Waals surface area contributed by atoms with Crippen LogP contribution < -0.4 is 0 Å². The molecule has 70 valence electrons. The van der Waals surface area contributed by atoms with Crippen LogP contribution in [0.1, 0.15) is 13.3 Å². The van der Waals surface area contributed by atoms with Crippen LogP contribution >= 0.6 is 12.6 Å². The molecule has 0 aromatic carbocycles. The predicted molar refractivity (Wildman–Crippen MR) is 50.5 cm³/mol. The molecule has 0 aliphatic carbocycles. The molecule has 1 atom stereocenters. The van der Waals surface area contributed by atoms with Crippen molar-refractivity contribution in [1.82, 2.24) is 4.90 Å². The molecule has 1 saturated heterocycles. The topological polar surface area (TPSA) is 29.5 Å². The summed E-state index contributed by atoms with van der Waals surface area (Å²) >= 11 is 3.97. The lowest BCUT2D eigenvalue weighted by Gasteiger charge is -2.34. The van der Waals surface area contributed by atoms with Gasteiger partial charge in [-0.15, -0.1) is 0 Å². The number of nitrogens with zero attached hydrogens (tertiary/aromatic N) is 1. The van der Waals surface area contributed by atoms with Gasteiger partial charge in [-0.1, -0.05) is 6.92 Å². The average molecular weight is 189 g/mol. The minimum atomic E-state index is 0.119. The quantitative estimate of drug-likeness (QED) is 0.643. The molecule has 3 nitrogen and oxygen atoms in total. The fraction of sp³-hybridized carbons (Fsp3) is 0.875. The molecule has 0 aromatic rings. The summed E-state index contributed by atoms with van der Waals surface area (Å²) in [5.74, 6) is 0.421. The lowest BCUT2D eigenvalue weighted by Crippen LogP contribution is -2.48. The number of hydrogen-bond donors (Lipinski definition) is 1. The molecule has 1 amide bonds. The van der Waals surface area contributed by atoms with E-state index in [2.05, 4.69) is 19.6 Å². The molecular weight excluding hydrogens is 174 g/mol. The van der Waals surface area contributed by atoms with E-state index >= 15 is 0 Å². The Hall–Kier alpha value is -0.220. The molecule has 1 unspecified atom stereocenters. The van der Waals surface area contributed by atoms with Crippen molar-refractivity contribution < 1.29 is 9.53 Å². The van der Waals surface area contributed by atoms with Gasteiger partial charge in [0.05, 0.1) is 25.0 Å². The predicted octanol–water partition coefficient (Wildman–Crippen LogP) is 0.554. The van der Waals surface area contributed by atoms with Crippen molar-refractivity contribution in [2.24, 2.45) is 0 Å². The molecule has 0 saturated carbocycles. The van der Waals surface area contributed by atoms with Gasteiger partial charge in [-0.05, 0) is 6.42 Å². The van der Waals surface area contributed by atoms with Crippen molar-refractivity contribution in [2.45, 2.75) is 19.4 Å². The first-order valence-corrected chi connectivity index (χ1v) is 4.91. The van der Waals surface area contributed by atoms with Crippen molar-refractivity contribution in [3.8, 4) is 0 Å². The number of amides is 1. The Morgan fingerprint density at radius 2 is 2.50 bits per heavy atom. The fourth-order valence-corrected chi connectivity index (χ4v) is 1.59. The Morgan fingerprint density at radius 1 is 1.75 bits per heavy atom. The second-order valence-corrected chi connectivity index (χ2v) is 3.20. The van der Waals surface area contributed by atoms with Gasteiger partial charge in [0.1, 0.15) is 0 Å². The molecule has 1 heterocycles. The van der Waals surface area contributed by atoms with E-state index in [4.69, 9.17) is 4.74 Å². The van der Waals surface area contributed by atoms with E-state index < -0.39 is 0 Å². The Bertz CT molecular complexity index is 163. The molecule has 0 spiro atoms. The average Bonchev–Trinajstić information content (AvgIpc) is 2.16. The van der Waals surface area contributed by atoms with Crippen molar-refractivity contribution >= 4 is 18.5 Å². The van der Waals surface area contributed by atoms with Crippen LogP contribution in [-0.2, 0) is 9.53 Å². The van der Waals surface area contributed by atoms with E-state index in [-0.39, 0.29) is 11.9 Å². The molecule has 1 aliphatic rings. The van der Waals surface area contributed by atoms with Crippen molar-refractivity contribution in [1.29, 1.82) is 0 Å². The first-order valence-electron chi connectivity index (χ1n) is 4.27. The molecule has 0 radical (unpaired) electrons. The highest BCUT2D eigenvalue weighted by Crippen LogP contribution is 2.10. The number of ether oxygens (including phenoxy) is 1. The number of morpholine rings is 1. The van der Waals surface area contributed by atoms with Crippen LogP contribution in [0, 0.1) is 0 Å². The third-order valence-corrected chi connectivity index (χ3v) is 2.42. The summed E-state index contributed by atoms with van der Waals surface area (Å²) in [5, 5.41) is 0. The molecule has 1 rings (SSSR count). The van der Waals surface area contributed by atoms with Crippen LogP contribution in [0.5, 0.6) is 0 Å². The molecule has 0 aromatic heterocycles. The smallest absolute Gasteiger partial charge is 0.232 e. The molecule has 0 N–H and O–H groups in total. The van der Waals surface area contributed by atoms with Gasteiger partial charge in [0.25, 0.3) is 0 Å². The van der Waals surface area contributed by atoms with E-state index in [0.717, 1.165) is 13.0 Å². The minimum absolute atomic E-state index is 0.119. The minimum Gasteiger partial charge on any atom is -0.377 e. The van der Waals surface area contributed by atoms with Gasteiger partial charge in [-0.2, -0.15) is 12.6 Å². The highest BCUT2D eigenvalue weighted by Gasteiger charge is 2.24. The molecule has 12 heavy (non-hydrogen) atoms. The monoisotopic (exact) mass is 189 g/mol. The third kappa shape index (κ3) is 2.14. The number of rotatable bonds is 2. The maximum absolute atomic E-state index is 11.3. The van der Waals surface area contributed by atoms with Crippen molar-refractivity contribution in [3.05, 3.63) is 0 Å². The highest BCUT2D eigenvalue weighted by atomic mass is 32.1. The third-order valence-electron chi connectivity index (χ3n) is 2.15. The lowest BCUT2D eigenvalue weighted by atomic mass is 10.2. The molecular formula is C8H15NO2S. The molecule has 1 fully saturated rings. The summed E-state index contributed by atoms with van der Waals surface area (Å²) in [6, 6.07) is 0.262. The Balaban J connectivity index is 2.52. The first-order chi connectivity index (χ1) is 5.79. The number of hydrogen-bond acceptors (Lipinski definition) is 3. The Morgan fingerprint density at radius 3 is 3.08 bits per heavy atom. The maximum atomic E-state index is 11.3. The number of carbonyl (C=O) groups excluding carboxylic acids is 1. The van der Waals surface area contributed by atoms with Crippen LogP contribution in [0.15, 0.2) is 0 Å². The molecule has 0 bridgehead atoms. The summed E-state index contributed by atoms with van der Waals surface area (Å²) in [7, 11) is 0. The van der Waals surface area contributed by atoms with E-state index in [1.54, 1.807) is 0 Å². The van der Waals surface area contributed by atoms with Crippen molar-refractivity contribution in [2.75, 3.05) is 25.5 Å². The second-order valence-electron chi connectivity index (χ2n) is 2.88. The zero-order valence-corrected chi connectivity index (χ0v) is 8.22. The van der Waals surface area contributed by atoms with Gasteiger partial charge in [0.15, 0.2) is 0 Å². The summed E-state index contributed by atoms with van der Waals surface area (Å²) in [6.07, 6.45) is 0.958. The lowest BCUT2D eigenvalue weighted by molar-refractivity contribution is -0.136. The van der Waals surface area contributed by atoms with Gasteiger partial charge in [0.2, 0.25) is 5.91 Å². The van der Waals surface area contributed by atoms with E-state index in [1.807, 2.05) is 4.90 Å². The van der Waals surface area contributed by atoms with Gasteiger partial charge in [0, 0.05) is 6.54 Å². The van der Waals surface area contributed by atoms with E-state index in [1.165, 1.54) is 0 Å². The zero-order valence-electron chi connectivity index (χ0n) is 7.32. The van der Waals surface area contributed by atoms with Crippen LogP contribution in [-0.4, -0.2) is 42.4 Å². The van der Waals surface area contributed by atoms with Crippen LogP contribution in [0.2, 0.25) is 0 Å². The van der Waals surface area contributed by atoms with Crippen molar-refractivity contribution in [3.63, 3.8) is 0 Å². The first kappa shape index (κ1) is 9.86. The SMILES string of the molecule is CCC1COCCN1C(=O)CS. The van der Waals surface area contributed by atoms with Gasteiger partial charge < -0.3 is 9.64 Å². The van der Waals surface area contributed by atoms with Gasteiger partial charge in [-0.3, -0.25) is 4.79 Å². The largest absolute Gasteiger partial charge is 0.377 e. The normalized spacial score (nSPS) is 24.2. The molecule has 1 aliphatic heterocycles. The molecule has 4 heteroatoms. The second kappa shape index (κ2) is 4.72. The fourth-order valence-electron chi connectivity index (χ4n) is 1.41. The Kier molecular flexibility index (Phi) is 3.88. The van der Waals surface area contributed by atoms with E-state index in [0.29, 0.717) is 19.0 Å². The summed E-state index contributed by atoms with van der Waals surface area (Å²) < 4.78 is 5.28. The van der Waals surface area contributed by atoms with Crippen LogP contribution in [0.3, 0.4) is 0 Å². The Labute approximate surface area is 78.5 Å². The van der Waals surface area contributed by atoms with Crippen LogP contribution in [0.25, 0.3) is 0 Å². The summed E-state index contributed by atoms with van der Waals surface area (Å²) in [5.41, 5.74) is 0. The zero-order chi connectivity index (χ0) is 8.97. The van der Waals surface area contributed by atoms with Gasteiger partial charge >= 0.3 is 0 Å². The van der Waals surface area contributed by atoms with Crippen LogP contribution in [0.4, 0.5) is 0 Å². The van der Waals surface area contributed by atoms with Gasteiger partial charge in [-0.25, -0.2) is 0 Å². The number of carbonyl (C=O) groups is 1. The number of thiol groups is 1. The summed E-state index contributed by atoms with van der Waals surface area (Å²) in [4.78, 5) is 13.2. The summed E-state index contributed by atoms with van der Waals surface area (Å²) in [6.45, 7) is 4.13. The standard InChI is InChI=1S/C8H15NO2S/c1-2-7-5-11-4-3-9(7)8(10)6-12/h7,12H,2-6H2,1H3. The highest BCUT2D eigenvalue weighted by molar-refractivity contribution is 7.81. The maximum Gasteiger partial charge on any atom is 0.232 e.